The van der Waals surface area contributed by atoms with Gasteiger partial charge in [0.1, 0.15) is 17.2 Å². The van der Waals surface area contributed by atoms with Gasteiger partial charge in [0, 0.05) is 17.6 Å². The van der Waals surface area contributed by atoms with Gasteiger partial charge < -0.3 is 10.1 Å². The third-order valence-corrected chi connectivity index (χ3v) is 6.50. The van der Waals surface area contributed by atoms with Crippen molar-refractivity contribution in [2.24, 2.45) is 0 Å². The SMILES string of the molecule is O=C(NC1C[C@@H]1c1ccccc1)c1cncn1-c1cccc(-c2ccc(Oc3ccccc3)cc2)c1. The zero-order valence-corrected chi connectivity index (χ0v) is 19.6. The van der Waals surface area contributed by atoms with E-state index in [2.05, 4.69) is 34.6 Å². The minimum atomic E-state index is -0.108. The Morgan fingerprint density at radius 3 is 2.31 bits per heavy atom. The standard InChI is InChI=1S/C31H25N3O2/c35-31(33-29-19-28(29)23-8-3-1-4-9-23)30-20-32-21-34(30)25-11-7-10-24(18-25)22-14-16-27(17-15-22)36-26-12-5-2-6-13-26/h1-18,20-21,28-29H,19H2,(H,33,35)/t28-,29?/m1/s1. The molecule has 0 bridgehead atoms. The molecule has 2 atom stereocenters. The fourth-order valence-corrected chi connectivity index (χ4v) is 4.51. The summed E-state index contributed by atoms with van der Waals surface area (Å²) in [7, 11) is 0. The number of carbonyl (C=O) groups is 1. The largest absolute Gasteiger partial charge is 0.457 e. The number of hydrogen-bond acceptors (Lipinski definition) is 3. The summed E-state index contributed by atoms with van der Waals surface area (Å²) in [5.74, 6) is 1.86. The van der Waals surface area contributed by atoms with Crippen LogP contribution in [0.5, 0.6) is 11.5 Å². The van der Waals surface area contributed by atoms with Crippen LogP contribution < -0.4 is 10.1 Å². The molecule has 5 nitrogen and oxygen atoms in total. The molecule has 5 aromatic rings. The van der Waals surface area contributed by atoms with Crippen molar-refractivity contribution in [3.63, 3.8) is 0 Å². The summed E-state index contributed by atoms with van der Waals surface area (Å²) in [4.78, 5) is 17.3. The first-order chi connectivity index (χ1) is 17.7. The van der Waals surface area contributed by atoms with Crippen molar-refractivity contribution in [2.45, 2.75) is 18.4 Å². The van der Waals surface area contributed by atoms with Crippen LogP contribution in [0, 0.1) is 0 Å². The van der Waals surface area contributed by atoms with Crippen LogP contribution in [-0.4, -0.2) is 21.5 Å². The Balaban J connectivity index is 1.17. The van der Waals surface area contributed by atoms with Crippen LogP contribution in [0.4, 0.5) is 0 Å². The number of nitrogens with one attached hydrogen (secondary N) is 1. The number of carbonyl (C=O) groups excluding carboxylic acids is 1. The number of amides is 1. The van der Waals surface area contributed by atoms with Crippen LogP contribution in [0.3, 0.4) is 0 Å². The topological polar surface area (TPSA) is 56.2 Å². The second kappa shape index (κ2) is 9.55. The van der Waals surface area contributed by atoms with Crippen LogP contribution in [0.15, 0.2) is 122 Å². The number of rotatable bonds is 7. The Kier molecular flexibility index (Phi) is 5.80. The molecule has 1 unspecified atom stereocenters. The van der Waals surface area contributed by atoms with Gasteiger partial charge in [0.25, 0.3) is 5.91 Å². The minimum Gasteiger partial charge on any atom is -0.457 e. The summed E-state index contributed by atoms with van der Waals surface area (Å²) in [6.07, 6.45) is 4.27. The Hall–Kier alpha value is -4.64. The first-order valence-corrected chi connectivity index (χ1v) is 12.1. The Labute approximate surface area is 210 Å². The van der Waals surface area contributed by atoms with Gasteiger partial charge in [-0.15, -0.1) is 0 Å². The molecule has 0 aliphatic heterocycles. The van der Waals surface area contributed by atoms with Gasteiger partial charge in [-0.1, -0.05) is 72.8 Å². The number of imidazole rings is 1. The molecule has 1 amide bonds. The van der Waals surface area contributed by atoms with E-state index in [1.165, 1.54) is 5.56 Å². The summed E-state index contributed by atoms with van der Waals surface area (Å²) >= 11 is 0. The zero-order chi connectivity index (χ0) is 24.3. The first-order valence-electron chi connectivity index (χ1n) is 12.1. The summed E-state index contributed by atoms with van der Waals surface area (Å²) < 4.78 is 7.75. The molecule has 176 valence electrons. The van der Waals surface area contributed by atoms with E-state index in [0.29, 0.717) is 11.6 Å². The van der Waals surface area contributed by atoms with Crippen molar-refractivity contribution in [2.75, 3.05) is 0 Å². The lowest BCUT2D eigenvalue weighted by Crippen LogP contribution is -2.28. The van der Waals surface area contributed by atoms with E-state index in [1.54, 1.807) is 12.5 Å². The van der Waals surface area contributed by atoms with Crippen LogP contribution in [0.2, 0.25) is 0 Å². The van der Waals surface area contributed by atoms with Gasteiger partial charge in [-0.2, -0.15) is 0 Å². The molecule has 4 aromatic carbocycles. The molecule has 1 aromatic heterocycles. The molecule has 6 rings (SSSR count). The molecule has 1 aliphatic rings. The lowest BCUT2D eigenvalue weighted by Gasteiger charge is -2.11. The second-order valence-corrected chi connectivity index (χ2v) is 8.97. The Bertz CT molecular complexity index is 1480. The summed E-state index contributed by atoms with van der Waals surface area (Å²) in [5, 5.41) is 3.17. The molecule has 1 aliphatic carbocycles. The average molecular weight is 472 g/mol. The van der Waals surface area contributed by atoms with Gasteiger partial charge in [0.15, 0.2) is 0 Å². The maximum absolute atomic E-state index is 13.1. The first kappa shape index (κ1) is 21.9. The van der Waals surface area contributed by atoms with E-state index in [-0.39, 0.29) is 11.9 Å². The van der Waals surface area contributed by atoms with E-state index >= 15 is 0 Å². The number of aromatic nitrogens is 2. The maximum Gasteiger partial charge on any atom is 0.270 e. The molecule has 1 fully saturated rings. The van der Waals surface area contributed by atoms with Gasteiger partial charge in [-0.25, -0.2) is 4.98 Å². The molecule has 5 heteroatoms. The monoisotopic (exact) mass is 471 g/mol. The molecule has 0 radical (unpaired) electrons. The van der Waals surface area contributed by atoms with E-state index in [4.69, 9.17) is 4.74 Å². The molecule has 36 heavy (non-hydrogen) atoms. The van der Waals surface area contributed by atoms with Crippen LogP contribution in [-0.2, 0) is 0 Å². The van der Waals surface area contributed by atoms with Crippen LogP contribution >= 0.6 is 0 Å². The quantitative estimate of drug-likeness (QED) is 0.290. The average Bonchev–Trinajstić information content (AvgIpc) is 3.51. The van der Waals surface area contributed by atoms with Crippen LogP contribution in [0.1, 0.15) is 28.4 Å². The van der Waals surface area contributed by atoms with Crippen LogP contribution in [0.25, 0.3) is 16.8 Å². The number of ether oxygens (including phenoxy) is 1. The van der Waals surface area contributed by atoms with E-state index in [0.717, 1.165) is 34.7 Å². The van der Waals surface area contributed by atoms with Gasteiger partial charge in [0.05, 0.1) is 12.5 Å². The van der Waals surface area contributed by atoms with Crippen molar-refractivity contribution in [3.8, 4) is 28.3 Å². The van der Waals surface area contributed by atoms with Crippen molar-refractivity contribution in [1.29, 1.82) is 0 Å². The van der Waals surface area contributed by atoms with Gasteiger partial charge >= 0.3 is 0 Å². The third kappa shape index (κ3) is 4.64. The van der Waals surface area contributed by atoms with Crippen molar-refractivity contribution < 1.29 is 9.53 Å². The summed E-state index contributed by atoms with van der Waals surface area (Å²) in [6, 6.07) is 36.3. The van der Waals surface area contributed by atoms with E-state index < -0.39 is 0 Å². The summed E-state index contributed by atoms with van der Waals surface area (Å²) in [5.41, 5.74) is 4.79. The van der Waals surface area contributed by atoms with E-state index in [9.17, 15) is 4.79 Å². The van der Waals surface area contributed by atoms with Gasteiger partial charge in [0.2, 0.25) is 0 Å². The van der Waals surface area contributed by atoms with Crippen molar-refractivity contribution in [3.05, 3.63) is 133 Å². The highest BCUT2D eigenvalue weighted by Gasteiger charge is 2.39. The Morgan fingerprint density at radius 2 is 1.53 bits per heavy atom. The molecular weight excluding hydrogens is 446 g/mol. The van der Waals surface area contributed by atoms with Crippen molar-refractivity contribution >= 4 is 5.91 Å². The number of hydrogen-bond donors (Lipinski definition) is 1. The number of benzene rings is 4. The van der Waals surface area contributed by atoms with Crippen molar-refractivity contribution in [1.82, 2.24) is 14.9 Å². The predicted molar refractivity (Wildman–Crippen MR) is 141 cm³/mol. The minimum absolute atomic E-state index is 0.108. The predicted octanol–water partition coefficient (Wildman–Crippen LogP) is 6.62. The number of para-hydroxylation sites is 1. The molecule has 1 N–H and O–H groups in total. The molecule has 1 heterocycles. The zero-order valence-electron chi connectivity index (χ0n) is 19.6. The number of nitrogens with zero attached hydrogens (tertiary/aromatic N) is 2. The normalized spacial score (nSPS) is 16.3. The smallest absolute Gasteiger partial charge is 0.270 e. The lowest BCUT2D eigenvalue weighted by atomic mass is 10.0. The molecular formula is C31H25N3O2. The second-order valence-electron chi connectivity index (χ2n) is 8.97. The maximum atomic E-state index is 13.1. The van der Waals surface area contributed by atoms with Gasteiger partial charge in [-0.05, 0) is 59.5 Å². The van der Waals surface area contributed by atoms with E-state index in [1.807, 2.05) is 89.5 Å². The lowest BCUT2D eigenvalue weighted by molar-refractivity contribution is 0.0943. The molecule has 0 spiro atoms. The highest BCUT2D eigenvalue weighted by Crippen LogP contribution is 2.40. The van der Waals surface area contributed by atoms with Gasteiger partial charge in [-0.3, -0.25) is 9.36 Å². The Morgan fingerprint density at radius 1 is 0.806 bits per heavy atom. The fraction of sp³-hybridized carbons (Fsp3) is 0.0968. The molecule has 1 saturated carbocycles. The highest BCUT2D eigenvalue weighted by molar-refractivity contribution is 5.93. The third-order valence-electron chi connectivity index (χ3n) is 6.50. The fourth-order valence-electron chi connectivity index (χ4n) is 4.51. The molecule has 0 saturated heterocycles. The summed E-state index contributed by atoms with van der Waals surface area (Å²) in [6.45, 7) is 0. The highest BCUT2D eigenvalue weighted by atomic mass is 16.5.